The van der Waals surface area contributed by atoms with Gasteiger partial charge in [0.05, 0.1) is 31.4 Å². The molecule has 2 fully saturated rings. The van der Waals surface area contributed by atoms with Gasteiger partial charge in [0.1, 0.15) is 11.5 Å². The fourth-order valence-corrected chi connectivity index (χ4v) is 4.34. The van der Waals surface area contributed by atoms with Crippen LogP contribution >= 0.6 is 0 Å². The molecule has 0 aromatic heterocycles. The van der Waals surface area contributed by atoms with Crippen LogP contribution in [0.4, 0.5) is 0 Å². The van der Waals surface area contributed by atoms with Gasteiger partial charge in [-0.1, -0.05) is 42.0 Å². The van der Waals surface area contributed by atoms with Gasteiger partial charge in [-0.3, -0.25) is 14.5 Å². The molecule has 2 aliphatic heterocycles. The number of hydrogen-bond acceptors (Lipinski definition) is 6. The van der Waals surface area contributed by atoms with Gasteiger partial charge >= 0.3 is 0 Å². The number of amides is 1. The Morgan fingerprint density at radius 3 is 2.52 bits per heavy atom. The molecule has 2 saturated heterocycles. The van der Waals surface area contributed by atoms with Gasteiger partial charge in [0.25, 0.3) is 11.7 Å². The van der Waals surface area contributed by atoms with E-state index in [1.165, 1.54) is 0 Å². The number of benzene rings is 2. The summed E-state index contributed by atoms with van der Waals surface area (Å²) in [4.78, 5) is 30.1. The minimum Gasteiger partial charge on any atom is -0.507 e. The quantitative estimate of drug-likeness (QED) is 0.397. The van der Waals surface area contributed by atoms with Crippen LogP contribution in [0.25, 0.3) is 5.76 Å². The zero-order valence-corrected chi connectivity index (χ0v) is 19.1. The monoisotopic (exact) mass is 450 g/mol. The lowest BCUT2D eigenvalue weighted by Crippen LogP contribution is -2.42. The first kappa shape index (κ1) is 23.0. The Bertz CT molecular complexity index is 1040. The third-order valence-corrected chi connectivity index (χ3v) is 6.11. The van der Waals surface area contributed by atoms with Crippen LogP contribution in [0.3, 0.4) is 0 Å². The highest BCUT2D eigenvalue weighted by atomic mass is 16.5. The maximum atomic E-state index is 13.2. The number of ether oxygens (including phenoxy) is 2. The summed E-state index contributed by atoms with van der Waals surface area (Å²) in [6, 6.07) is 14.0. The number of ketones is 1. The van der Waals surface area contributed by atoms with E-state index in [1.807, 2.05) is 50.2 Å². The first-order chi connectivity index (χ1) is 16.0. The second kappa shape index (κ2) is 10.2. The number of nitrogens with zero attached hydrogens (tertiary/aromatic N) is 2. The van der Waals surface area contributed by atoms with Crippen molar-refractivity contribution < 1.29 is 24.2 Å². The zero-order valence-electron chi connectivity index (χ0n) is 19.1. The zero-order chi connectivity index (χ0) is 23.4. The van der Waals surface area contributed by atoms with E-state index in [2.05, 4.69) is 4.90 Å². The molecule has 174 valence electrons. The fourth-order valence-electron chi connectivity index (χ4n) is 4.34. The van der Waals surface area contributed by atoms with E-state index in [-0.39, 0.29) is 11.3 Å². The largest absolute Gasteiger partial charge is 0.507 e. The Hall–Kier alpha value is -3.16. The lowest BCUT2D eigenvalue weighted by Gasteiger charge is -2.31. The van der Waals surface area contributed by atoms with Crippen molar-refractivity contribution in [2.45, 2.75) is 19.9 Å². The second-order valence-electron chi connectivity index (χ2n) is 8.32. The number of carbonyl (C=O) groups excluding carboxylic acids is 2. The summed E-state index contributed by atoms with van der Waals surface area (Å²) in [6.45, 7) is 8.26. The normalized spacial score (nSPS) is 20.9. The number of rotatable bonds is 7. The standard InChI is InChI=1S/C26H30N2O5/c1-3-33-21-6-4-5-20(17-21)23-22(24(29)19-9-7-18(2)8-10-19)25(30)26(31)28(23)12-11-27-13-15-32-16-14-27/h4-10,17,23,29H,3,11-16H2,1-2H3/b24-22+. The Kier molecular flexibility index (Phi) is 7.11. The molecule has 2 heterocycles. The third kappa shape index (κ3) is 4.94. The van der Waals surface area contributed by atoms with Gasteiger partial charge in [-0.25, -0.2) is 0 Å². The number of aryl methyl sites for hydroxylation is 1. The first-order valence-electron chi connectivity index (χ1n) is 11.4. The smallest absolute Gasteiger partial charge is 0.295 e. The lowest BCUT2D eigenvalue weighted by atomic mass is 9.95. The van der Waals surface area contributed by atoms with Crippen LogP contribution in [-0.2, 0) is 14.3 Å². The molecule has 0 bridgehead atoms. The van der Waals surface area contributed by atoms with Gasteiger partial charge < -0.3 is 19.5 Å². The van der Waals surface area contributed by atoms with Crippen molar-refractivity contribution in [2.24, 2.45) is 0 Å². The van der Waals surface area contributed by atoms with Crippen LogP contribution in [0.5, 0.6) is 5.75 Å². The molecule has 1 atom stereocenters. The highest BCUT2D eigenvalue weighted by Gasteiger charge is 2.46. The second-order valence-corrected chi connectivity index (χ2v) is 8.32. The van der Waals surface area contributed by atoms with E-state index in [0.717, 1.165) is 24.2 Å². The molecule has 1 N–H and O–H groups in total. The summed E-state index contributed by atoms with van der Waals surface area (Å²) < 4.78 is 11.1. The Morgan fingerprint density at radius 1 is 1.09 bits per heavy atom. The molecule has 33 heavy (non-hydrogen) atoms. The van der Waals surface area contributed by atoms with Gasteiger partial charge in [-0.05, 0) is 31.5 Å². The number of likely N-dealkylation sites (tertiary alicyclic amines) is 1. The average Bonchev–Trinajstić information content (AvgIpc) is 3.09. The third-order valence-electron chi connectivity index (χ3n) is 6.11. The van der Waals surface area contributed by atoms with Crippen molar-refractivity contribution in [3.05, 3.63) is 70.8 Å². The average molecular weight is 451 g/mol. The topological polar surface area (TPSA) is 79.3 Å². The van der Waals surface area contributed by atoms with Crippen molar-refractivity contribution in [1.29, 1.82) is 0 Å². The van der Waals surface area contributed by atoms with Crippen molar-refractivity contribution in [3.63, 3.8) is 0 Å². The van der Waals surface area contributed by atoms with Gasteiger partial charge in [0, 0.05) is 31.7 Å². The lowest BCUT2D eigenvalue weighted by molar-refractivity contribution is -0.140. The van der Waals surface area contributed by atoms with Gasteiger partial charge in [0.15, 0.2) is 0 Å². The van der Waals surface area contributed by atoms with Crippen LogP contribution in [0.15, 0.2) is 54.1 Å². The molecule has 7 nitrogen and oxygen atoms in total. The van der Waals surface area contributed by atoms with Crippen molar-refractivity contribution in [2.75, 3.05) is 46.0 Å². The summed E-state index contributed by atoms with van der Waals surface area (Å²) in [5, 5.41) is 11.2. The molecule has 4 rings (SSSR count). The summed E-state index contributed by atoms with van der Waals surface area (Å²) in [5.41, 5.74) is 2.39. The van der Waals surface area contributed by atoms with E-state index in [4.69, 9.17) is 9.47 Å². The molecule has 0 radical (unpaired) electrons. The SMILES string of the molecule is CCOc1cccc(C2/C(=C(\O)c3ccc(C)cc3)C(=O)C(=O)N2CCN2CCOCC2)c1. The molecule has 2 aromatic rings. The maximum Gasteiger partial charge on any atom is 0.295 e. The predicted octanol–water partition coefficient (Wildman–Crippen LogP) is 3.15. The van der Waals surface area contributed by atoms with Crippen LogP contribution in [-0.4, -0.2) is 72.6 Å². The van der Waals surface area contributed by atoms with Gasteiger partial charge in [-0.15, -0.1) is 0 Å². The number of carbonyl (C=O) groups is 2. The molecule has 1 unspecified atom stereocenters. The maximum absolute atomic E-state index is 13.2. The number of morpholine rings is 1. The summed E-state index contributed by atoms with van der Waals surface area (Å²) in [6.07, 6.45) is 0. The molecule has 2 aromatic carbocycles. The van der Waals surface area contributed by atoms with E-state index in [0.29, 0.717) is 44.2 Å². The number of aliphatic hydroxyl groups is 1. The minimum atomic E-state index is -0.687. The van der Waals surface area contributed by atoms with Crippen LogP contribution in [0, 0.1) is 6.92 Å². The number of aliphatic hydroxyl groups excluding tert-OH is 1. The van der Waals surface area contributed by atoms with Crippen molar-refractivity contribution >= 4 is 17.4 Å². The summed E-state index contributed by atoms with van der Waals surface area (Å²) in [7, 11) is 0. The highest BCUT2D eigenvalue weighted by Crippen LogP contribution is 2.40. The molecule has 0 saturated carbocycles. The van der Waals surface area contributed by atoms with Crippen LogP contribution in [0.1, 0.15) is 29.7 Å². The fraction of sp³-hybridized carbons (Fsp3) is 0.385. The predicted molar refractivity (Wildman–Crippen MR) is 125 cm³/mol. The minimum absolute atomic E-state index is 0.111. The molecule has 0 aliphatic carbocycles. The van der Waals surface area contributed by atoms with Crippen molar-refractivity contribution in [1.82, 2.24) is 9.80 Å². The van der Waals surface area contributed by atoms with Crippen molar-refractivity contribution in [3.8, 4) is 5.75 Å². The molecule has 1 amide bonds. The van der Waals surface area contributed by atoms with E-state index in [1.54, 1.807) is 17.0 Å². The first-order valence-corrected chi connectivity index (χ1v) is 11.4. The molecular weight excluding hydrogens is 420 g/mol. The van der Waals surface area contributed by atoms with Gasteiger partial charge in [-0.2, -0.15) is 0 Å². The Balaban J connectivity index is 1.74. The Labute approximate surface area is 194 Å². The molecule has 7 heteroatoms. The summed E-state index contributed by atoms with van der Waals surface area (Å²) in [5.74, 6) is -0.760. The molecule has 0 spiro atoms. The number of Topliss-reactive ketones (excluding diaryl/α,β-unsaturated/α-hetero) is 1. The summed E-state index contributed by atoms with van der Waals surface area (Å²) >= 11 is 0. The Morgan fingerprint density at radius 2 is 1.82 bits per heavy atom. The highest BCUT2D eigenvalue weighted by molar-refractivity contribution is 6.46. The molecule has 2 aliphatic rings. The van der Waals surface area contributed by atoms with E-state index < -0.39 is 17.7 Å². The van der Waals surface area contributed by atoms with Crippen LogP contribution in [0.2, 0.25) is 0 Å². The van der Waals surface area contributed by atoms with E-state index >= 15 is 0 Å². The van der Waals surface area contributed by atoms with Crippen LogP contribution < -0.4 is 4.74 Å². The van der Waals surface area contributed by atoms with Gasteiger partial charge in [0.2, 0.25) is 0 Å². The van der Waals surface area contributed by atoms with E-state index in [9.17, 15) is 14.7 Å². The number of hydrogen-bond donors (Lipinski definition) is 1. The molecular formula is C26H30N2O5.